The Morgan fingerprint density at radius 3 is 2.00 bits per heavy atom. The van der Waals surface area contributed by atoms with Crippen molar-refractivity contribution in [1.29, 1.82) is 0 Å². The predicted octanol–water partition coefficient (Wildman–Crippen LogP) is 3.68. The minimum absolute atomic E-state index is 0.185. The highest BCUT2D eigenvalue weighted by Gasteiger charge is 2.36. The molecule has 1 aliphatic carbocycles. The first-order chi connectivity index (χ1) is 9.49. The maximum atomic E-state index is 13.5. The van der Waals surface area contributed by atoms with Gasteiger partial charge in [-0.25, -0.2) is 22.0 Å². The van der Waals surface area contributed by atoms with E-state index >= 15 is 0 Å². The van der Waals surface area contributed by atoms with Crippen molar-refractivity contribution in [2.24, 2.45) is 10.9 Å². The average Bonchev–Trinajstić information content (AvgIpc) is 3.19. The summed E-state index contributed by atoms with van der Waals surface area (Å²) in [4.78, 5) is 4.03. The van der Waals surface area contributed by atoms with Gasteiger partial charge in [0.1, 0.15) is 5.69 Å². The third-order valence-corrected chi connectivity index (χ3v) is 4.56. The zero-order chi connectivity index (χ0) is 14.4. The minimum atomic E-state index is -2.16. The van der Waals surface area contributed by atoms with Crippen molar-refractivity contribution in [3.05, 3.63) is 29.1 Å². The van der Waals surface area contributed by atoms with Crippen molar-refractivity contribution in [2.75, 3.05) is 11.9 Å². The van der Waals surface area contributed by atoms with Gasteiger partial charge in [-0.1, -0.05) is 11.8 Å². The summed E-state index contributed by atoms with van der Waals surface area (Å²) in [6.45, 7) is 0.493. The number of anilines is 1. The molecule has 0 amide bonds. The summed E-state index contributed by atoms with van der Waals surface area (Å²) in [7, 11) is 0. The van der Waals surface area contributed by atoms with Crippen LogP contribution in [0.1, 0.15) is 12.8 Å². The molecule has 2 nitrogen and oxygen atoms in total. The second kappa shape index (κ2) is 4.91. The fraction of sp³-hybridized carbons (Fsp3) is 0.417. The van der Waals surface area contributed by atoms with E-state index in [2.05, 4.69) is 10.3 Å². The van der Waals surface area contributed by atoms with Crippen LogP contribution in [0.3, 0.4) is 0 Å². The lowest BCUT2D eigenvalue weighted by Crippen LogP contribution is -2.14. The van der Waals surface area contributed by atoms with E-state index in [9.17, 15) is 22.0 Å². The fourth-order valence-corrected chi connectivity index (χ4v) is 3.21. The SMILES string of the molecule is Fc1c(F)c(F)c(NC2=NCC(C3CC3)S2)c(F)c1F. The number of thioether (sulfide) groups is 1. The Morgan fingerprint density at radius 2 is 1.45 bits per heavy atom. The number of nitrogens with zero attached hydrogens (tertiary/aromatic N) is 1. The van der Waals surface area contributed by atoms with Crippen molar-refractivity contribution in [1.82, 2.24) is 0 Å². The van der Waals surface area contributed by atoms with Crippen LogP contribution < -0.4 is 5.32 Å². The first-order valence-corrected chi connectivity index (χ1v) is 6.86. The van der Waals surface area contributed by atoms with Gasteiger partial charge >= 0.3 is 0 Å². The van der Waals surface area contributed by atoms with Gasteiger partial charge in [0.05, 0.1) is 6.54 Å². The molecule has 1 aromatic carbocycles. The number of amidine groups is 1. The van der Waals surface area contributed by atoms with E-state index in [0.717, 1.165) is 12.8 Å². The molecule has 1 atom stereocenters. The quantitative estimate of drug-likeness (QED) is 0.512. The minimum Gasteiger partial charge on any atom is -0.330 e. The van der Waals surface area contributed by atoms with Gasteiger partial charge in [0.25, 0.3) is 0 Å². The number of rotatable bonds is 2. The molecule has 20 heavy (non-hydrogen) atoms. The van der Waals surface area contributed by atoms with Crippen LogP contribution in [0, 0.1) is 35.0 Å². The zero-order valence-corrected chi connectivity index (χ0v) is 10.8. The van der Waals surface area contributed by atoms with E-state index in [1.807, 2.05) is 0 Å². The second-order valence-corrected chi connectivity index (χ2v) is 5.94. The molecule has 1 aromatic rings. The summed E-state index contributed by atoms with van der Waals surface area (Å²) < 4.78 is 65.9. The van der Waals surface area contributed by atoms with Gasteiger partial charge in [-0.2, -0.15) is 0 Å². The molecule has 0 radical (unpaired) electrons. The van der Waals surface area contributed by atoms with Crippen LogP contribution in [0.15, 0.2) is 4.99 Å². The molecule has 1 N–H and O–H groups in total. The maximum Gasteiger partial charge on any atom is 0.200 e. The standard InChI is InChI=1S/C12H9F5N2S/c13-6-7(14)9(16)11(10(17)8(6)15)19-12-18-3-5(20-12)4-1-2-4/h4-5H,1-3H2,(H,18,19). The van der Waals surface area contributed by atoms with Gasteiger partial charge in [0, 0.05) is 5.25 Å². The van der Waals surface area contributed by atoms with Crippen LogP contribution in [0.4, 0.5) is 27.6 Å². The van der Waals surface area contributed by atoms with Crippen LogP contribution >= 0.6 is 11.8 Å². The molecule has 1 aliphatic heterocycles. The first kappa shape index (κ1) is 13.7. The molecule has 8 heteroatoms. The Morgan fingerprint density at radius 1 is 0.900 bits per heavy atom. The highest BCUT2D eigenvalue weighted by atomic mass is 32.2. The fourth-order valence-electron chi connectivity index (χ4n) is 1.99. The molecule has 1 heterocycles. The van der Waals surface area contributed by atoms with Crippen LogP contribution in [0.2, 0.25) is 0 Å². The smallest absolute Gasteiger partial charge is 0.200 e. The number of aliphatic imine (C=N–C) groups is 1. The molecular weight excluding hydrogens is 299 g/mol. The molecule has 108 valence electrons. The number of halogens is 5. The Hall–Kier alpha value is -1.31. The van der Waals surface area contributed by atoms with Crippen LogP contribution in [0.5, 0.6) is 0 Å². The van der Waals surface area contributed by atoms with E-state index < -0.39 is 34.8 Å². The van der Waals surface area contributed by atoms with Crippen LogP contribution in [0.25, 0.3) is 0 Å². The van der Waals surface area contributed by atoms with E-state index in [0.29, 0.717) is 12.5 Å². The van der Waals surface area contributed by atoms with E-state index in [-0.39, 0.29) is 10.4 Å². The van der Waals surface area contributed by atoms with Crippen molar-refractivity contribution in [3.8, 4) is 0 Å². The molecule has 3 rings (SSSR count). The van der Waals surface area contributed by atoms with Gasteiger partial charge in [-0.3, -0.25) is 4.99 Å². The number of benzene rings is 1. The molecule has 0 aromatic heterocycles. The molecule has 1 fully saturated rings. The van der Waals surface area contributed by atoms with Crippen molar-refractivity contribution < 1.29 is 22.0 Å². The second-order valence-electron chi connectivity index (χ2n) is 4.71. The first-order valence-electron chi connectivity index (χ1n) is 5.98. The van der Waals surface area contributed by atoms with Gasteiger partial charge in [-0.05, 0) is 18.8 Å². The van der Waals surface area contributed by atoms with E-state index in [1.165, 1.54) is 11.8 Å². The Labute approximate surface area is 115 Å². The van der Waals surface area contributed by atoms with E-state index in [1.54, 1.807) is 0 Å². The predicted molar refractivity (Wildman–Crippen MR) is 66.3 cm³/mol. The molecular formula is C12H9F5N2S. The Kier molecular flexibility index (Phi) is 3.35. The van der Waals surface area contributed by atoms with Gasteiger partial charge in [0.2, 0.25) is 5.82 Å². The highest BCUT2D eigenvalue weighted by Crippen LogP contribution is 2.42. The Bertz CT molecular complexity index is 571. The van der Waals surface area contributed by atoms with Crippen molar-refractivity contribution in [2.45, 2.75) is 18.1 Å². The summed E-state index contributed by atoms with van der Waals surface area (Å²) in [5.74, 6) is -9.32. The lowest BCUT2D eigenvalue weighted by Gasteiger charge is -2.11. The van der Waals surface area contributed by atoms with Gasteiger partial charge in [0.15, 0.2) is 28.4 Å². The average molecular weight is 308 g/mol. The molecule has 0 spiro atoms. The summed E-state index contributed by atoms with van der Waals surface area (Å²) in [5.41, 5.74) is -1.05. The number of nitrogens with one attached hydrogen (secondary N) is 1. The summed E-state index contributed by atoms with van der Waals surface area (Å²) in [6.07, 6.45) is 2.17. The normalized spacial score (nSPS) is 22.1. The zero-order valence-electron chi connectivity index (χ0n) is 10.0. The molecule has 2 aliphatic rings. The van der Waals surface area contributed by atoms with E-state index in [4.69, 9.17) is 0 Å². The molecule has 0 bridgehead atoms. The largest absolute Gasteiger partial charge is 0.330 e. The van der Waals surface area contributed by atoms with Gasteiger partial charge in [-0.15, -0.1) is 0 Å². The van der Waals surface area contributed by atoms with Crippen molar-refractivity contribution in [3.63, 3.8) is 0 Å². The molecule has 1 saturated carbocycles. The topological polar surface area (TPSA) is 24.4 Å². The number of hydrogen-bond acceptors (Lipinski definition) is 3. The summed E-state index contributed by atoms with van der Waals surface area (Å²) >= 11 is 1.28. The van der Waals surface area contributed by atoms with Crippen LogP contribution in [-0.4, -0.2) is 17.0 Å². The number of hydrogen-bond donors (Lipinski definition) is 1. The maximum absolute atomic E-state index is 13.5. The third-order valence-electron chi connectivity index (χ3n) is 3.27. The van der Waals surface area contributed by atoms with Crippen molar-refractivity contribution >= 4 is 22.6 Å². The third kappa shape index (κ3) is 2.25. The molecule has 0 saturated heterocycles. The highest BCUT2D eigenvalue weighted by molar-refractivity contribution is 8.15. The Balaban J connectivity index is 1.84. The van der Waals surface area contributed by atoms with Crippen LogP contribution in [-0.2, 0) is 0 Å². The summed E-state index contributed by atoms with van der Waals surface area (Å²) in [5, 5.41) is 2.62. The summed E-state index contributed by atoms with van der Waals surface area (Å²) in [6, 6.07) is 0. The molecule has 1 unspecified atom stereocenters. The van der Waals surface area contributed by atoms with Gasteiger partial charge < -0.3 is 5.32 Å². The monoisotopic (exact) mass is 308 g/mol. The lowest BCUT2D eigenvalue weighted by molar-refractivity contribution is 0.382. The lowest BCUT2D eigenvalue weighted by atomic mass is 10.2.